The van der Waals surface area contributed by atoms with E-state index in [0.717, 1.165) is 25.7 Å². The summed E-state index contributed by atoms with van der Waals surface area (Å²) in [5.41, 5.74) is 1.42. The molecule has 2 aliphatic rings. The van der Waals surface area contributed by atoms with E-state index in [-0.39, 0.29) is 38.5 Å². The topological polar surface area (TPSA) is 69.7 Å². The van der Waals surface area contributed by atoms with Gasteiger partial charge in [-0.3, -0.25) is 9.69 Å². The summed E-state index contributed by atoms with van der Waals surface area (Å²) < 4.78 is 27.2. The van der Waals surface area contributed by atoms with E-state index in [4.69, 9.17) is 34.8 Å². The van der Waals surface area contributed by atoms with Gasteiger partial charge in [-0.25, -0.2) is 12.7 Å². The number of unbranched alkanes of at least 4 members (excludes halogenated alkanes) is 1. The largest absolute Gasteiger partial charge is 0.353 e. The van der Waals surface area contributed by atoms with Gasteiger partial charge in [0.2, 0.25) is 15.9 Å². The molecule has 1 saturated heterocycles. The van der Waals surface area contributed by atoms with Crippen molar-refractivity contribution >= 4 is 50.7 Å². The van der Waals surface area contributed by atoms with E-state index >= 15 is 0 Å². The van der Waals surface area contributed by atoms with Gasteiger partial charge in [-0.05, 0) is 88.1 Å². The second-order valence-corrected chi connectivity index (χ2v) is 14.3. The first-order chi connectivity index (χ1) is 19.2. The Balaban J connectivity index is 1.21. The smallest absolute Gasteiger partial charge is 0.245 e. The summed E-state index contributed by atoms with van der Waals surface area (Å²) >= 11 is 18.2. The fraction of sp³-hybridized carbons (Fsp3) is 0.567. The summed E-state index contributed by atoms with van der Waals surface area (Å²) in [6.45, 7) is 2.60. The van der Waals surface area contributed by atoms with Gasteiger partial charge in [-0.15, -0.1) is 0 Å². The number of nitrogens with one attached hydrogen (secondary N) is 1. The predicted octanol–water partition coefficient (Wildman–Crippen LogP) is 7.34. The number of rotatable bonds is 11. The van der Waals surface area contributed by atoms with E-state index in [1.54, 1.807) is 0 Å². The summed E-state index contributed by atoms with van der Waals surface area (Å²) in [6, 6.07) is 14.3. The molecule has 10 heteroatoms. The highest BCUT2D eigenvalue weighted by atomic mass is 35.5. The summed E-state index contributed by atoms with van der Waals surface area (Å²) in [7, 11) is -2.39. The van der Waals surface area contributed by atoms with Gasteiger partial charge in [0.15, 0.2) is 0 Å². The van der Waals surface area contributed by atoms with Crippen molar-refractivity contribution < 1.29 is 13.2 Å². The summed E-state index contributed by atoms with van der Waals surface area (Å²) in [5, 5.41) is 3.48. The maximum absolute atomic E-state index is 13.0. The van der Waals surface area contributed by atoms with Crippen LogP contribution in [-0.2, 0) is 14.8 Å². The number of hydrogen-bond donors (Lipinski definition) is 1. The van der Waals surface area contributed by atoms with Crippen LogP contribution in [0.1, 0.15) is 75.8 Å². The Kier molecular flexibility index (Phi) is 11.6. The number of halogens is 3. The Morgan fingerprint density at radius 1 is 0.975 bits per heavy atom. The zero-order valence-electron chi connectivity index (χ0n) is 23.1. The summed E-state index contributed by atoms with van der Waals surface area (Å²) in [4.78, 5) is 15.2. The molecule has 2 aromatic rings. The van der Waals surface area contributed by atoms with Crippen molar-refractivity contribution in [1.82, 2.24) is 14.5 Å². The van der Waals surface area contributed by atoms with Crippen LogP contribution in [0.4, 0.5) is 0 Å². The first kappa shape index (κ1) is 31.6. The van der Waals surface area contributed by atoms with Gasteiger partial charge in [0.25, 0.3) is 0 Å². The molecule has 1 aliphatic carbocycles. The normalized spacial score (nSPS) is 21.3. The molecule has 0 radical (unpaired) electrons. The molecule has 4 rings (SSSR count). The van der Waals surface area contributed by atoms with E-state index in [9.17, 15) is 13.2 Å². The van der Waals surface area contributed by atoms with E-state index < -0.39 is 10.0 Å². The number of hydrogen-bond acceptors (Lipinski definition) is 4. The maximum Gasteiger partial charge on any atom is 0.245 e. The van der Waals surface area contributed by atoms with Crippen molar-refractivity contribution in [3.05, 3.63) is 63.1 Å². The number of sulfonamides is 1. The molecule has 6 nitrogen and oxygen atoms in total. The molecule has 40 heavy (non-hydrogen) atoms. The highest BCUT2D eigenvalue weighted by Crippen LogP contribution is 2.40. The average molecular weight is 629 g/mol. The van der Waals surface area contributed by atoms with Crippen LogP contribution in [0.2, 0.25) is 15.1 Å². The molecule has 2 aromatic carbocycles. The van der Waals surface area contributed by atoms with Crippen LogP contribution in [-0.4, -0.2) is 56.3 Å². The lowest BCUT2D eigenvalue weighted by atomic mass is 9.78. The van der Waals surface area contributed by atoms with Crippen molar-refractivity contribution in [3.8, 4) is 0 Å². The molecule has 1 atom stereocenters. The van der Waals surface area contributed by atoms with Gasteiger partial charge in [0, 0.05) is 37.1 Å². The third-order valence-corrected chi connectivity index (χ3v) is 11.3. The zero-order chi connectivity index (χ0) is 28.7. The minimum absolute atomic E-state index is 0.00975. The van der Waals surface area contributed by atoms with Gasteiger partial charge in [-0.2, -0.15) is 0 Å². The number of likely N-dealkylation sites (tertiary alicyclic amines) is 1. The Hall–Kier alpha value is -1.35. The number of piperidine rings is 1. The third kappa shape index (κ3) is 8.14. The number of nitrogens with zero attached hydrogens (tertiary/aromatic N) is 2. The fourth-order valence-electron chi connectivity index (χ4n) is 6.18. The molecule has 220 valence electrons. The quantitative estimate of drug-likeness (QED) is 0.265. The monoisotopic (exact) mass is 627 g/mol. The van der Waals surface area contributed by atoms with E-state index in [0.29, 0.717) is 31.2 Å². The minimum Gasteiger partial charge on any atom is -0.353 e. The van der Waals surface area contributed by atoms with Gasteiger partial charge >= 0.3 is 0 Å². The van der Waals surface area contributed by atoms with Crippen LogP contribution >= 0.6 is 34.8 Å². The number of amides is 1. The summed E-state index contributed by atoms with van der Waals surface area (Å²) in [6.07, 6.45) is 9.61. The third-order valence-electron chi connectivity index (χ3n) is 8.27. The lowest BCUT2D eigenvalue weighted by Crippen LogP contribution is -2.42. The molecule has 1 heterocycles. The molecule has 0 aromatic heterocycles. The minimum atomic E-state index is -3.87. The molecule has 1 saturated carbocycles. The van der Waals surface area contributed by atoms with Gasteiger partial charge in [0.05, 0.1) is 10.0 Å². The van der Waals surface area contributed by atoms with Gasteiger partial charge in [0.1, 0.15) is 4.90 Å². The maximum atomic E-state index is 13.0. The second kappa shape index (κ2) is 14.7. The molecule has 0 bridgehead atoms. The molecule has 1 N–H and O–H groups in total. The van der Waals surface area contributed by atoms with E-state index in [1.165, 1.54) is 61.4 Å². The second-order valence-electron chi connectivity index (χ2n) is 11.1. The Bertz CT molecular complexity index is 1210. The Morgan fingerprint density at radius 3 is 2.23 bits per heavy atom. The average Bonchev–Trinajstić information content (AvgIpc) is 2.92. The molecular weight excluding hydrogens is 589 g/mol. The van der Waals surface area contributed by atoms with E-state index in [2.05, 4.69) is 40.5 Å². The van der Waals surface area contributed by atoms with Crippen LogP contribution in [0, 0.1) is 5.92 Å². The van der Waals surface area contributed by atoms with Crippen molar-refractivity contribution in [1.29, 1.82) is 0 Å². The summed E-state index contributed by atoms with van der Waals surface area (Å²) in [5.74, 6) is 0.641. The molecule has 1 amide bonds. The molecule has 1 aliphatic heterocycles. The molecule has 0 spiro atoms. The SMILES string of the molecule is CN(CCCCC(=O)NC1CCC(C(c2ccccc2)N2CCCCC2)CC1)S(=O)(=O)c1c(Cl)cc(Cl)cc1Cl. The highest BCUT2D eigenvalue weighted by molar-refractivity contribution is 7.89. The highest BCUT2D eigenvalue weighted by Gasteiger charge is 2.33. The van der Waals surface area contributed by atoms with E-state index in [1.807, 2.05) is 0 Å². The molecule has 1 unspecified atom stereocenters. The van der Waals surface area contributed by atoms with Crippen molar-refractivity contribution in [2.45, 2.75) is 81.2 Å². The van der Waals surface area contributed by atoms with Crippen molar-refractivity contribution in [2.24, 2.45) is 5.92 Å². The lowest BCUT2D eigenvalue weighted by molar-refractivity contribution is -0.122. The fourth-order valence-corrected chi connectivity index (χ4v) is 8.87. The van der Waals surface area contributed by atoms with Crippen LogP contribution in [0.5, 0.6) is 0 Å². The zero-order valence-corrected chi connectivity index (χ0v) is 26.2. The van der Waals surface area contributed by atoms with Crippen molar-refractivity contribution in [3.63, 3.8) is 0 Å². The van der Waals surface area contributed by atoms with Crippen molar-refractivity contribution in [2.75, 3.05) is 26.7 Å². The lowest BCUT2D eigenvalue weighted by Gasteiger charge is -2.42. The Morgan fingerprint density at radius 2 is 1.60 bits per heavy atom. The van der Waals surface area contributed by atoms with Crippen LogP contribution in [0.3, 0.4) is 0 Å². The van der Waals surface area contributed by atoms with Crippen LogP contribution in [0.15, 0.2) is 47.4 Å². The number of carbonyl (C=O) groups excluding carboxylic acids is 1. The predicted molar refractivity (Wildman–Crippen MR) is 164 cm³/mol. The number of carbonyl (C=O) groups is 1. The standard InChI is InChI=1S/C30H40Cl3N3O3S/c1-35(40(38,39)30-26(32)20-24(31)21-27(30)33)17-9-6-12-28(37)34-25-15-13-23(14-16-25)29(22-10-4-2-5-11-22)36-18-7-3-8-19-36/h2,4-5,10-11,20-21,23,25,29H,3,6-9,12-19H2,1H3,(H,34,37). The molecule has 2 fully saturated rings. The van der Waals surface area contributed by atoms with Gasteiger partial charge in [-0.1, -0.05) is 71.6 Å². The first-order valence-electron chi connectivity index (χ1n) is 14.4. The Labute approximate surface area is 254 Å². The van der Waals surface area contributed by atoms with Crippen LogP contribution < -0.4 is 5.32 Å². The first-order valence-corrected chi connectivity index (χ1v) is 16.9. The molecular formula is C30H40Cl3N3O3S. The number of benzene rings is 2. The van der Waals surface area contributed by atoms with Crippen LogP contribution in [0.25, 0.3) is 0 Å². The van der Waals surface area contributed by atoms with Gasteiger partial charge < -0.3 is 5.32 Å².